The molecular formula is C22H23N3O2. The number of benzene rings is 2. The average molecular weight is 361 g/mol. The molecule has 5 heteroatoms. The first kappa shape index (κ1) is 18.6. The van der Waals surface area contributed by atoms with E-state index in [2.05, 4.69) is 15.6 Å². The lowest BCUT2D eigenvalue weighted by Crippen LogP contribution is -2.21. The van der Waals surface area contributed by atoms with Gasteiger partial charge in [-0.2, -0.15) is 0 Å². The number of pyridine rings is 1. The Labute approximate surface area is 159 Å². The number of aromatic nitrogens is 1. The molecule has 0 unspecified atom stereocenters. The monoisotopic (exact) mass is 361 g/mol. The lowest BCUT2D eigenvalue weighted by atomic mass is 10.2. The minimum Gasteiger partial charge on any atom is -0.489 e. The first-order valence-corrected chi connectivity index (χ1v) is 8.96. The minimum atomic E-state index is -0.0216. The van der Waals surface area contributed by atoms with E-state index in [1.165, 1.54) is 0 Å². The number of anilines is 1. The second-order valence-electron chi connectivity index (χ2n) is 6.13. The Morgan fingerprint density at radius 3 is 2.44 bits per heavy atom. The quantitative estimate of drug-likeness (QED) is 0.570. The maximum atomic E-state index is 12.0. The average Bonchev–Trinajstić information content (AvgIpc) is 2.72. The highest BCUT2D eigenvalue weighted by molar-refractivity contribution is 5.90. The highest BCUT2D eigenvalue weighted by Gasteiger charge is 2.03. The van der Waals surface area contributed by atoms with Crippen LogP contribution in [-0.4, -0.2) is 17.4 Å². The topological polar surface area (TPSA) is 63.2 Å². The summed E-state index contributed by atoms with van der Waals surface area (Å²) in [4.78, 5) is 16.1. The standard InChI is InChI=1S/C22H23N3O2/c26-22(12-14-24-16-19-7-4-13-23-15-19)25-20-8-10-21(11-9-20)27-17-18-5-2-1-3-6-18/h1-11,13,15,24H,12,14,16-17H2,(H,25,26). The molecule has 0 aliphatic heterocycles. The number of hydrogen-bond acceptors (Lipinski definition) is 4. The van der Waals surface area contributed by atoms with E-state index in [1.807, 2.05) is 72.9 Å². The summed E-state index contributed by atoms with van der Waals surface area (Å²) in [5.41, 5.74) is 2.98. The van der Waals surface area contributed by atoms with E-state index >= 15 is 0 Å². The Balaban J connectivity index is 1.36. The Hall–Kier alpha value is -3.18. The molecule has 1 heterocycles. The van der Waals surface area contributed by atoms with Crippen molar-refractivity contribution in [1.82, 2.24) is 10.3 Å². The third-order valence-corrected chi connectivity index (χ3v) is 3.97. The number of carbonyl (C=O) groups is 1. The number of amides is 1. The molecule has 0 spiro atoms. The molecular weight excluding hydrogens is 338 g/mol. The maximum absolute atomic E-state index is 12.0. The van der Waals surface area contributed by atoms with E-state index in [1.54, 1.807) is 6.20 Å². The largest absolute Gasteiger partial charge is 0.489 e. The molecule has 0 aliphatic carbocycles. The summed E-state index contributed by atoms with van der Waals surface area (Å²) in [5.74, 6) is 0.752. The Morgan fingerprint density at radius 1 is 0.926 bits per heavy atom. The molecule has 0 radical (unpaired) electrons. The lowest BCUT2D eigenvalue weighted by molar-refractivity contribution is -0.116. The van der Waals surface area contributed by atoms with Gasteiger partial charge in [0.2, 0.25) is 5.91 Å². The summed E-state index contributed by atoms with van der Waals surface area (Å²) in [6, 6.07) is 21.3. The van der Waals surface area contributed by atoms with Gasteiger partial charge in [-0.3, -0.25) is 9.78 Å². The van der Waals surface area contributed by atoms with Gasteiger partial charge in [0.05, 0.1) is 0 Å². The van der Waals surface area contributed by atoms with Crippen molar-refractivity contribution in [3.05, 3.63) is 90.3 Å². The summed E-state index contributed by atoms with van der Waals surface area (Å²) in [6.07, 6.45) is 3.97. The fourth-order valence-corrected chi connectivity index (χ4v) is 2.54. The zero-order valence-electron chi connectivity index (χ0n) is 15.1. The Morgan fingerprint density at radius 2 is 1.70 bits per heavy atom. The summed E-state index contributed by atoms with van der Waals surface area (Å²) in [7, 11) is 0. The first-order valence-electron chi connectivity index (χ1n) is 8.96. The zero-order chi connectivity index (χ0) is 18.7. The Kier molecular flexibility index (Phi) is 6.95. The van der Waals surface area contributed by atoms with Crippen LogP contribution in [-0.2, 0) is 17.9 Å². The van der Waals surface area contributed by atoms with Crippen molar-refractivity contribution in [1.29, 1.82) is 0 Å². The molecule has 0 atom stereocenters. The molecule has 3 aromatic rings. The van der Waals surface area contributed by atoms with Crippen LogP contribution in [0.4, 0.5) is 5.69 Å². The third-order valence-electron chi connectivity index (χ3n) is 3.97. The Bertz CT molecular complexity index is 821. The van der Waals surface area contributed by atoms with Crippen LogP contribution in [0, 0.1) is 0 Å². The smallest absolute Gasteiger partial charge is 0.225 e. The molecule has 0 fully saturated rings. The molecule has 138 valence electrons. The van der Waals surface area contributed by atoms with Gasteiger partial charge in [0.15, 0.2) is 0 Å². The molecule has 5 nitrogen and oxygen atoms in total. The zero-order valence-corrected chi connectivity index (χ0v) is 15.1. The van der Waals surface area contributed by atoms with E-state index in [4.69, 9.17) is 4.74 Å². The van der Waals surface area contributed by atoms with Crippen LogP contribution in [0.5, 0.6) is 5.75 Å². The van der Waals surface area contributed by atoms with Crippen LogP contribution < -0.4 is 15.4 Å². The summed E-state index contributed by atoms with van der Waals surface area (Å²) in [6.45, 7) is 1.84. The summed E-state index contributed by atoms with van der Waals surface area (Å²) < 4.78 is 5.75. The normalized spacial score (nSPS) is 10.4. The van der Waals surface area contributed by atoms with Crippen molar-refractivity contribution in [3.63, 3.8) is 0 Å². The number of hydrogen-bond donors (Lipinski definition) is 2. The van der Waals surface area contributed by atoms with Gasteiger partial charge in [-0.25, -0.2) is 0 Å². The maximum Gasteiger partial charge on any atom is 0.225 e. The van der Waals surface area contributed by atoms with Crippen LogP contribution in [0.1, 0.15) is 17.5 Å². The van der Waals surface area contributed by atoms with E-state index in [0.717, 1.165) is 22.6 Å². The van der Waals surface area contributed by atoms with Crippen molar-refractivity contribution in [2.45, 2.75) is 19.6 Å². The molecule has 0 saturated carbocycles. The number of nitrogens with zero attached hydrogens (tertiary/aromatic N) is 1. The summed E-state index contributed by atoms with van der Waals surface area (Å²) >= 11 is 0. The number of nitrogens with one attached hydrogen (secondary N) is 2. The van der Waals surface area contributed by atoms with Gasteiger partial charge in [0.25, 0.3) is 0 Å². The van der Waals surface area contributed by atoms with E-state index in [9.17, 15) is 4.79 Å². The lowest BCUT2D eigenvalue weighted by Gasteiger charge is -2.09. The van der Waals surface area contributed by atoms with Crippen LogP contribution in [0.3, 0.4) is 0 Å². The molecule has 0 saturated heterocycles. The third kappa shape index (κ3) is 6.56. The van der Waals surface area contributed by atoms with Crippen molar-refractivity contribution in [2.24, 2.45) is 0 Å². The van der Waals surface area contributed by atoms with Crippen LogP contribution in [0.25, 0.3) is 0 Å². The van der Waals surface area contributed by atoms with E-state index in [0.29, 0.717) is 26.1 Å². The van der Waals surface area contributed by atoms with Crippen molar-refractivity contribution >= 4 is 11.6 Å². The molecule has 0 bridgehead atoms. The fraction of sp³-hybridized carbons (Fsp3) is 0.182. The molecule has 1 amide bonds. The van der Waals surface area contributed by atoms with Crippen molar-refractivity contribution < 1.29 is 9.53 Å². The van der Waals surface area contributed by atoms with Gasteiger partial charge in [-0.15, -0.1) is 0 Å². The van der Waals surface area contributed by atoms with Crippen molar-refractivity contribution in [2.75, 3.05) is 11.9 Å². The first-order chi connectivity index (χ1) is 13.3. The van der Waals surface area contributed by atoms with Gasteiger partial charge in [-0.05, 0) is 41.5 Å². The molecule has 0 aliphatic rings. The van der Waals surface area contributed by atoms with E-state index < -0.39 is 0 Å². The van der Waals surface area contributed by atoms with Gasteiger partial charge < -0.3 is 15.4 Å². The predicted octanol–water partition coefficient (Wildman–Crippen LogP) is 3.78. The van der Waals surface area contributed by atoms with Gasteiger partial charge in [0, 0.05) is 37.6 Å². The molecule has 3 rings (SSSR count). The number of carbonyl (C=O) groups excluding carboxylic acids is 1. The van der Waals surface area contributed by atoms with E-state index in [-0.39, 0.29) is 5.91 Å². The highest BCUT2D eigenvalue weighted by atomic mass is 16.5. The van der Waals surface area contributed by atoms with Crippen molar-refractivity contribution in [3.8, 4) is 5.75 Å². The number of rotatable bonds is 9. The SMILES string of the molecule is O=C(CCNCc1cccnc1)Nc1ccc(OCc2ccccc2)cc1. The second-order valence-corrected chi connectivity index (χ2v) is 6.13. The molecule has 1 aromatic heterocycles. The van der Waals surface area contributed by atoms with Gasteiger partial charge in [0.1, 0.15) is 12.4 Å². The minimum absolute atomic E-state index is 0.0216. The second kappa shape index (κ2) is 10.1. The predicted molar refractivity (Wildman–Crippen MR) is 106 cm³/mol. The van der Waals surface area contributed by atoms with Gasteiger partial charge >= 0.3 is 0 Å². The summed E-state index contributed by atoms with van der Waals surface area (Å²) in [5, 5.41) is 6.13. The molecule has 27 heavy (non-hydrogen) atoms. The van der Waals surface area contributed by atoms with Crippen LogP contribution >= 0.6 is 0 Å². The number of ether oxygens (including phenoxy) is 1. The molecule has 2 N–H and O–H groups in total. The van der Waals surface area contributed by atoms with Crippen LogP contribution in [0.2, 0.25) is 0 Å². The van der Waals surface area contributed by atoms with Crippen LogP contribution in [0.15, 0.2) is 79.1 Å². The fourth-order valence-electron chi connectivity index (χ4n) is 2.54. The molecule has 2 aromatic carbocycles. The van der Waals surface area contributed by atoms with Gasteiger partial charge in [-0.1, -0.05) is 36.4 Å². The highest BCUT2D eigenvalue weighted by Crippen LogP contribution is 2.17.